The van der Waals surface area contributed by atoms with Crippen LogP contribution in [0.2, 0.25) is 0 Å². The van der Waals surface area contributed by atoms with Gasteiger partial charge in [-0.25, -0.2) is 0 Å². The average Bonchev–Trinajstić information content (AvgIpc) is 3.67. The van der Waals surface area contributed by atoms with E-state index in [-0.39, 0.29) is 47.7 Å². The van der Waals surface area contributed by atoms with E-state index in [1.807, 2.05) is 12.1 Å². The van der Waals surface area contributed by atoms with Gasteiger partial charge < -0.3 is 0 Å². The van der Waals surface area contributed by atoms with Gasteiger partial charge in [0.1, 0.15) is 0 Å². The summed E-state index contributed by atoms with van der Waals surface area (Å²) in [6, 6.07) is 43.5. The summed E-state index contributed by atoms with van der Waals surface area (Å²) in [4.78, 5) is 28.5. The summed E-state index contributed by atoms with van der Waals surface area (Å²) in [6.45, 7) is 25.7. The molecule has 0 spiro atoms. The fourth-order valence-electron chi connectivity index (χ4n) is 8.20. The number of Topliss-reactive ketones (excluding diaryl/α,β-unsaturated/α-hetero) is 2. The third-order valence-electron chi connectivity index (χ3n) is 11.6. The first kappa shape index (κ1) is 43.7. The van der Waals surface area contributed by atoms with Crippen molar-refractivity contribution in [3.63, 3.8) is 0 Å². The minimum atomic E-state index is -0.343. The summed E-state index contributed by atoms with van der Waals surface area (Å²) < 4.78 is 2.50. The molecule has 0 N–H and O–H groups in total. The molecule has 0 saturated carbocycles. The van der Waals surface area contributed by atoms with Gasteiger partial charge in [0.2, 0.25) is 0 Å². The molecule has 7 rings (SSSR count). The first-order valence-corrected chi connectivity index (χ1v) is 23.2. The quantitative estimate of drug-likeness (QED) is 0.159. The predicted octanol–water partition coefficient (Wildman–Crippen LogP) is 14.7. The Morgan fingerprint density at radius 3 is 0.869 bits per heavy atom. The first-order valence-electron chi connectivity index (χ1n) is 21.5. The van der Waals surface area contributed by atoms with Gasteiger partial charge in [-0.05, 0) is 0 Å². The summed E-state index contributed by atoms with van der Waals surface area (Å²) in [5.41, 5.74) is 13.3. The maximum atomic E-state index is 14.2. The molecule has 3 heteroatoms. The van der Waals surface area contributed by atoms with Crippen LogP contribution >= 0.6 is 0 Å². The van der Waals surface area contributed by atoms with Gasteiger partial charge in [0.25, 0.3) is 0 Å². The van der Waals surface area contributed by atoms with Crippen molar-refractivity contribution < 1.29 is 9.59 Å². The molecule has 0 radical (unpaired) electrons. The van der Waals surface area contributed by atoms with Gasteiger partial charge in [0.05, 0.1) is 0 Å². The Hall–Kier alpha value is -5.34. The van der Waals surface area contributed by atoms with Gasteiger partial charge in [-0.1, -0.05) is 0 Å². The number of allylic oxidation sites excluding steroid dienone is 10. The van der Waals surface area contributed by atoms with Crippen molar-refractivity contribution in [3.05, 3.63) is 199 Å². The predicted molar refractivity (Wildman–Crippen MR) is 259 cm³/mol. The summed E-state index contributed by atoms with van der Waals surface area (Å²) in [5, 5.41) is 0. The van der Waals surface area contributed by atoms with Crippen LogP contribution < -0.4 is 0 Å². The van der Waals surface area contributed by atoms with Crippen LogP contribution in [0.25, 0.3) is 33.4 Å². The number of ketones is 2. The third-order valence-corrected chi connectivity index (χ3v) is 14.0. The van der Waals surface area contributed by atoms with E-state index < -0.39 is 0 Å². The van der Waals surface area contributed by atoms with Crippen LogP contribution in [0.4, 0.5) is 0 Å². The molecular weight excluding hydrogens is 808 g/mol. The fraction of sp³-hybridized carbons (Fsp3) is 0.276. The molecule has 0 atom stereocenters. The Morgan fingerprint density at radius 1 is 0.344 bits per heavy atom. The summed E-state index contributed by atoms with van der Waals surface area (Å²) in [6.07, 6.45) is 8.66. The Labute approximate surface area is 371 Å². The van der Waals surface area contributed by atoms with E-state index >= 15 is 0 Å². The monoisotopic (exact) mass is 868 g/mol. The van der Waals surface area contributed by atoms with Gasteiger partial charge in [0, 0.05) is 0 Å². The molecule has 4 aromatic carbocycles. The van der Waals surface area contributed by atoms with Gasteiger partial charge >= 0.3 is 373 Å². The van der Waals surface area contributed by atoms with Crippen molar-refractivity contribution in [2.24, 2.45) is 21.7 Å². The number of carbonyl (C=O) groups excluding carboxylic acids is 2. The zero-order valence-corrected chi connectivity index (χ0v) is 39.8. The molecule has 0 unspecified atom stereocenters. The van der Waals surface area contributed by atoms with Gasteiger partial charge in [0.15, 0.2) is 0 Å². The molecule has 2 aliphatic rings. The minimum absolute atomic E-state index is 0.132. The van der Waals surface area contributed by atoms with Crippen molar-refractivity contribution in [1.82, 2.24) is 0 Å². The van der Waals surface area contributed by atoms with E-state index in [4.69, 9.17) is 0 Å². The molecule has 2 nitrogen and oxygen atoms in total. The molecule has 1 heterocycles. The van der Waals surface area contributed by atoms with E-state index in [0.717, 1.165) is 66.8 Å². The molecule has 310 valence electrons. The molecule has 5 aromatic rings. The van der Waals surface area contributed by atoms with E-state index in [0.29, 0.717) is 0 Å². The van der Waals surface area contributed by atoms with Crippen LogP contribution in [0, 0.1) is 21.7 Å². The summed E-state index contributed by atoms with van der Waals surface area (Å²) in [7, 11) is 0. The molecule has 0 aliphatic heterocycles. The second-order valence-electron chi connectivity index (χ2n) is 20.6. The van der Waals surface area contributed by atoms with E-state index in [1.165, 1.54) is 20.0 Å². The van der Waals surface area contributed by atoms with Crippen molar-refractivity contribution in [2.75, 3.05) is 0 Å². The molecule has 0 amide bonds. The van der Waals surface area contributed by atoms with Crippen LogP contribution in [0.3, 0.4) is 0 Å². The molecule has 1 aromatic heterocycles. The first-order chi connectivity index (χ1) is 28.6. The van der Waals surface area contributed by atoms with Crippen molar-refractivity contribution >= 4 is 37.2 Å². The Kier molecular flexibility index (Phi) is 11.8. The average molecular weight is 868 g/mol. The van der Waals surface area contributed by atoms with Crippen molar-refractivity contribution in [1.29, 1.82) is 0 Å². The van der Waals surface area contributed by atoms with E-state index in [1.54, 1.807) is 0 Å². The number of hydrogen-bond acceptors (Lipinski definition) is 2. The Morgan fingerprint density at radius 2 is 0.607 bits per heavy atom. The van der Waals surface area contributed by atoms with Crippen LogP contribution in [-0.2, 0) is 9.59 Å². The molecule has 0 bridgehead atoms. The zero-order valence-electron chi connectivity index (χ0n) is 38.1. The van der Waals surface area contributed by atoms with Crippen LogP contribution in [0.15, 0.2) is 179 Å². The second kappa shape index (κ2) is 16.5. The van der Waals surface area contributed by atoms with Crippen LogP contribution in [-0.4, -0.2) is 26.1 Å². The maximum absolute atomic E-state index is 14.2. The van der Waals surface area contributed by atoms with Crippen molar-refractivity contribution in [3.8, 4) is 22.3 Å². The number of benzene rings is 4. The number of carbonyl (C=O) groups is 2. The van der Waals surface area contributed by atoms with Gasteiger partial charge in [-0.3, -0.25) is 0 Å². The topological polar surface area (TPSA) is 34.1 Å². The Bertz CT molecular complexity index is 2420. The molecule has 61 heavy (non-hydrogen) atoms. The molecular formula is C58H60O2Se. The third kappa shape index (κ3) is 9.30. The summed E-state index contributed by atoms with van der Waals surface area (Å²) >= 11 is -0.138. The van der Waals surface area contributed by atoms with E-state index in [9.17, 15) is 9.59 Å². The summed E-state index contributed by atoms with van der Waals surface area (Å²) in [5.74, 6) is 0.265. The number of hydrogen-bond donors (Lipinski definition) is 0. The normalized spacial score (nSPS) is 15.3. The van der Waals surface area contributed by atoms with Gasteiger partial charge in [-0.2, -0.15) is 0 Å². The number of rotatable bonds is 6. The SMILES string of the molecule is CC(C)(C)C1=CC(=C(c2ccc(-c3ccccc3)cc2)c2ccc(C(=C3C=C(C(C)(C)C)C(=O)C(C(C)(C)C)=C3)c3ccc(-c4ccccc4)cc3)[se]2)C=C(C(C)(C)C)C1=O. The standard InChI is InChI=1S/C58H60O2Se/c1-55(2,3)45-33-43(34-46(53(45)59)56(4,5)6)51(41-27-23-39(24-28-41)37-19-15-13-16-20-37)49-31-32-50(61-49)52(42-29-25-40(26-30-42)38-21-17-14-18-22-38)44-35-47(57(7,8)9)54(60)48(36-44)58(10,11)12/h13-36H,1-12H3. The molecule has 2 aliphatic carbocycles. The van der Waals surface area contributed by atoms with Crippen molar-refractivity contribution in [2.45, 2.75) is 83.1 Å². The zero-order chi connectivity index (χ0) is 44.1. The fourth-order valence-corrected chi connectivity index (χ4v) is 10.7. The molecule has 0 saturated heterocycles. The van der Waals surface area contributed by atoms with Crippen LogP contribution in [0.1, 0.15) is 103 Å². The second-order valence-corrected chi connectivity index (χ2v) is 22.9. The van der Waals surface area contributed by atoms with E-state index in [2.05, 4.69) is 217 Å². The molecule has 0 fully saturated rings. The Balaban J connectivity index is 1.51. The van der Waals surface area contributed by atoms with Crippen LogP contribution in [0.5, 0.6) is 0 Å². The van der Waals surface area contributed by atoms with Gasteiger partial charge in [-0.15, -0.1) is 0 Å².